The third kappa shape index (κ3) is 13.1. The van der Waals surface area contributed by atoms with Gasteiger partial charge in [-0.2, -0.15) is 0 Å². The Hall–Kier alpha value is -1.02. The minimum absolute atomic E-state index is 0.358. The number of methoxy groups -OCH3 is 1. The van der Waals surface area contributed by atoms with E-state index in [4.69, 9.17) is 9.47 Å². The molecule has 23 heavy (non-hydrogen) atoms. The molecule has 0 unspecified atom stereocenters. The van der Waals surface area contributed by atoms with E-state index >= 15 is 0 Å². The van der Waals surface area contributed by atoms with E-state index < -0.39 is 0 Å². The number of hydrogen-bond donors (Lipinski definition) is 0. The van der Waals surface area contributed by atoms with Gasteiger partial charge >= 0.3 is 0 Å². The smallest absolute Gasteiger partial charge is 0.122 e. The van der Waals surface area contributed by atoms with Crippen molar-refractivity contribution in [2.75, 3.05) is 13.7 Å². The molecule has 0 aliphatic rings. The van der Waals surface area contributed by atoms with Gasteiger partial charge in [0.1, 0.15) is 5.75 Å². The second kappa shape index (κ2) is 17.3. The highest BCUT2D eigenvalue weighted by molar-refractivity contribution is 5.36. The molecular weight excluding hydrogens is 284 g/mol. The van der Waals surface area contributed by atoms with Gasteiger partial charge in [0.25, 0.3) is 0 Å². The van der Waals surface area contributed by atoms with E-state index in [-0.39, 0.29) is 0 Å². The Morgan fingerprint density at radius 3 is 2.09 bits per heavy atom. The molecule has 0 aromatic heterocycles. The number of ether oxygens (including phenoxy) is 2. The quantitative estimate of drug-likeness (QED) is 0.477. The van der Waals surface area contributed by atoms with E-state index in [0.717, 1.165) is 18.8 Å². The van der Waals surface area contributed by atoms with Crippen LogP contribution in [0.1, 0.15) is 78.4 Å². The highest BCUT2D eigenvalue weighted by atomic mass is 16.5. The van der Waals surface area contributed by atoms with Crippen molar-refractivity contribution in [2.24, 2.45) is 0 Å². The minimum Gasteiger partial charge on any atom is -0.496 e. The largest absolute Gasteiger partial charge is 0.496 e. The first-order valence-corrected chi connectivity index (χ1v) is 9.38. The molecule has 0 bridgehead atoms. The summed E-state index contributed by atoms with van der Waals surface area (Å²) in [6, 6.07) is 6.41. The van der Waals surface area contributed by atoms with Crippen LogP contribution in [0.4, 0.5) is 0 Å². The molecule has 2 nitrogen and oxygen atoms in total. The summed E-state index contributed by atoms with van der Waals surface area (Å²) in [5.74, 6) is 1.02. The molecule has 0 spiro atoms. The second-order valence-corrected chi connectivity index (χ2v) is 5.40. The fourth-order valence-corrected chi connectivity index (χ4v) is 2.19. The van der Waals surface area contributed by atoms with Gasteiger partial charge in [0, 0.05) is 6.61 Å². The van der Waals surface area contributed by atoms with Crippen LogP contribution in [-0.4, -0.2) is 19.8 Å². The molecule has 0 saturated carbocycles. The Kier molecular flexibility index (Phi) is 18.3. The first kappa shape index (κ1) is 24.2. The lowest BCUT2D eigenvalue weighted by Gasteiger charge is -2.10. The third-order valence-electron chi connectivity index (χ3n) is 3.23. The summed E-state index contributed by atoms with van der Waals surface area (Å²) in [7, 11) is 1.75. The van der Waals surface area contributed by atoms with Crippen LogP contribution in [0.25, 0.3) is 0 Å². The molecule has 0 atom stereocenters. The van der Waals surface area contributed by atoms with Crippen LogP contribution in [0.3, 0.4) is 0 Å². The first-order valence-electron chi connectivity index (χ1n) is 9.38. The molecule has 0 fully saturated rings. The Morgan fingerprint density at radius 2 is 1.52 bits per heavy atom. The van der Waals surface area contributed by atoms with Crippen molar-refractivity contribution in [2.45, 2.75) is 86.7 Å². The van der Waals surface area contributed by atoms with Crippen LogP contribution < -0.4 is 4.74 Å². The van der Waals surface area contributed by atoms with Crippen molar-refractivity contribution >= 4 is 0 Å². The minimum atomic E-state index is 0.358. The average Bonchev–Trinajstić information content (AvgIpc) is 2.57. The lowest BCUT2D eigenvalue weighted by molar-refractivity contribution is 0.0757. The zero-order chi connectivity index (χ0) is 18.1. The number of rotatable bonds is 9. The molecule has 1 rings (SSSR count). The van der Waals surface area contributed by atoms with Gasteiger partial charge in [0.05, 0.1) is 13.2 Å². The van der Waals surface area contributed by atoms with Gasteiger partial charge in [-0.25, -0.2) is 0 Å². The molecule has 136 valence electrons. The topological polar surface area (TPSA) is 18.5 Å². The highest BCUT2D eigenvalue weighted by Gasteiger charge is 2.03. The SMILES string of the molecule is CC.CC.COc1ccc(C)cc1CCCCCCOC(C)C. The summed E-state index contributed by atoms with van der Waals surface area (Å²) in [6.07, 6.45) is 6.37. The summed E-state index contributed by atoms with van der Waals surface area (Å²) >= 11 is 0. The number of unbranched alkanes of at least 4 members (excludes halogenated alkanes) is 3. The van der Waals surface area contributed by atoms with Gasteiger partial charge < -0.3 is 9.47 Å². The zero-order valence-electron chi connectivity index (χ0n) is 16.9. The van der Waals surface area contributed by atoms with E-state index in [9.17, 15) is 0 Å². The maximum Gasteiger partial charge on any atom is 0.122 e. The van der Waals surface area contributed by atoms with Crippen LogP contribution in [-0.2, 0) is 11.2 Å². The second-order valence-electron chi connectivity index (χ2n) is 5.40. The molecule has 0 aliphatic carbocycles. The number of aryl methyl sites for hydroxylation is 2. The van der Waals surface area contributed by atoms with Gasteiger partial charge in [-0.3, -0.25) is 0 Å². The monoisotopic (exact) mass is 324 g/mol. The van der Waals surface area contributed by atoms with E-state index in [0.29, 0.717) is 6.10 Å². The van der Waals surface area contributed by atoms with Gasteiger partial charge in [-0.1, -0.05) is 58.2 Å². The average molecular weight is 325 g/mol. The fraction of sp³-hybridized carbons (Fsp3) is 0.714. The third-order valence-corrected chi connectivity index (χ3v) is 3.23. The molecule has 2 heteroatoms. The summed E-state index contributed by atoms with van der Waals surface area (Å²) in [5.41, 5.74) is 2.64. The Labute approximate surface area is 145 Å². The molecule has 0 heterocycles. The predicted octanol–water partition coefficient (Wildman–Crippen LogP) is 6.58. The Balaban J connectivity index is 0. The van der Waals surface area contributed by atoms with E-state index in [1.54, 1.807) is 7.11 Å². The molecule has 0 saturated heterocycles. The molecular formula is C21H40O2. The van der Waals surface area contributed by atoms with Crippen LogP contribution in [0.15, 0.2) is 18.2 Å². The van der Waals surface area contributed by atoms with Crippen LogP contribution >= 0.6 is 0 Å². The van der Waals surface area contributed by atoms with E-state index in [1.165, 1.54) is 36.8 Å². The van der Waals surface area contributed by atoms with Crippen LogP contribution in [0.5, 0.6) is 5.75 Å². The molecule has 0 aliphatic heterocycles. The van der Waals surface area contributed by atoms with Gasteiger partial charge in [-0.05, 0) is 51.7 Å². The Morgan fingerprint density at radius 1 is 0.913 bits per heavy atom. The highest BCUT2D eigenvalue weighted by Crippen LogP contribution is 2.21. The molecule has 1 aromatic rings. The fourth-order valence-electron chi connectivity index (χ4n) is 2.19. The van der Waals surface area contributed by atoms with Crippen molar-refractivity contribution in [1.29, 1.82) is 0 Å². The number of hydrogen-bond acceptors (Lipinski definition) is 2. The van der Waals surface area contributed by atoms with Crippen molar-refractivity contribution in [1.82, 2.24) is 0 Å². The summed E-state index contributed by atoms with van der Waals surface area (Å²) in [6.45, 7) is 15.2. The van der Waals surface area contributed by atoms with Gasteiger partial charge in [0.2, 0.25) is 0 Å². The van der Waals surface area contributed by atoms with Gasteiger partial charge in [-0.15, -0.1) is 0 Å². The van der Waals surface area contributed by atoms with Crippen LogP contribution in [0.2, 0.25) is 0 Å². The summed E-state index contributed by atoms with van der Waals surface area (Å²) < 4.78 is 10.9. The van der Waals surface area contributed by atoms with Crippen molar-refractivity contribution in [3.63, 3.8) is 0 Å². The maximum atomic E-state index is 5.54. The molecule has 0 N–H and O–H groups in total. The lowest BCUT2D eigenvalue weighted by atomic mass is 10.0. The normalized spacial score (nSPS) is 9.61. The standard InChI is InChI=1S/C17H28O2.2C2H6/c1-14(2)19-12-8-6-5-7-9-16-13-15(3)10-11-17(16)18-4;2*1-2/h10-11,13-14H,5-9,12H2,1-4H3;2*1-2H3. The van der Waals surface area contributed by atoms with Crippen molar-refractivity contribution in [3.8, 4) is 5.75 Å². The summed E-state index contributed by atoms with van der Waals surface area (Å²) in [4.78, 5) is 0. The maximum absolute atomic E-state index is 5.54. The zero-order valence-corrected chi connectivity index (χ0v) is 16.9. The van der Waals surface area contributed by atoms with E-state index in [2.05, 4.69) is 39.0 Å². The first-order chi connectivity index (χ1) is 11.1. The Bertz CT molecular complexity index is 359. The molecule has 0 radical (unpaired) electrons. The van der Waals surface area contributed by atoms with Crippen LogP contribution in [0, 0.1) is 6.92 Å². The van der Waals surface area contributed by atoms with Crippen molar-refractivity contribution < 1.29 is 9.47 Å². The summed E-state index contributed by atoms with van der Waals surface area (Å²) in [5, 5.41) is 0. The predicted molar refractivity (Wildman–Crippen MR) is 104 cm³/mol. The number of benzene rings is 1. The van der Waals surface area contributed by atoms with Crippen molar-refractivity contribution in [3.05, 3.63) is 29.3 Å². The molecule has 0 amide bonds. The van der Waals surface area contributed by atoms with Gasteiger partial charge in [0.15, 0.2) is 0 Å². The van der Waals surface area contributed by atoms with E-state index in [1.807, 2.05) is 27.7 Å². The lowest BCUT2D eigenvalue weighted by Crippen LogP contribution is -2.03. The molecule has 1 aromatic carbocycles.